The van der Waals surface area contributed by atoms with E-state index in [4.69, 9.17) is 5.73 Å². The average molecular weight is 151 g/mol. The van der Waals surface area contributed by atoms with Crippen molar-refractivity contribution < 1.29 is 8.83 Å². The topological polar surface area (TPSA) is 69.4 Å². The van der Waals surface area contributed by atoms with Gasteiger partial charge in [-0.05, 0) is 12.1 Å². The highest BCUT2D eigenvalue weighted by Crippen LogP contribution is 2.14. The van der Waals surface area contributed by atoms with Crippen LogP contribution in [-0.2, 0) is 0 Å². The van der Waals surface area contributed by atoms with E-state index in [-0.39, 0.29) is 0 Å². The molecule has 1 aromatic carbocycles. The van der Waals surface area contributed by atoms with Crippen LogP contribution >= 0.6 is 0 Å². The first-order valence-electron chi connectivity index (χ1n) is 3.05. The third-order valence-corrected chi connectivity index (χ3v) is 1.35. The van der Waals surface area contributed by atoms with E-state index in [1.165, 1.54) is 0 Å². The molecule has 0 aliphatic carbocycles. The quantitative estimate of drug-likeness (QED) is 0.569. The number of hydrogen-bond acceptors (Lipinski definition) is 4. The Morgan fingerprint density at radius 1 is 1.18 bits per heavy atom. The van der Waals surface area contributed by atoms with Gasteiger partial charge < -0.3 is 14.6 Å². The van der Waals surface area contributed by atoms with Gasteiger partial charge >= 0.3 is 5.82 Å². The Balaban J connectivity index is 2.92. The van der Waals surface area contributed by atoms with E-state index in [9.17, 15) is 4.79 Å². The number of hydrogen-bond donors (Lipinski definition) is 1. The standard InChI is InChI=1S/C7H5NO3/c8-4-1-2-5-6(3-4)11-7(9)10-5/h1-3H,8H2. The Bertz CT molecular complexity index is 440. The van der Waals surface area contributed by atoms with E-state index in [0.29, 0.717) is 16.9 Å². The number of fused-ring (bicyclic) bond motifs is 1. The smallest absolute Gasteiger partial charge is 0.399 e. The number of benzene rings is 1. The second kappa shape index (κ2) is 1.88. The van der Waals surface area contributed by atoms with Crippen LogP contribution in [0.3, 0.4) is 0 Å². The minimum Gasteiger partial charge on any atom is -0.399 e. The SMILES string of the molecule is Nc1ccc2oc(=O)oc2c1. The number of nitrogens with two attached hydrogens (primary N) is 1. The molecule has 0 spiro atoms. The summed E-state index contributed by atoms with van der Waals surface area (Å²) in [5.74, 6) is -0.703. The fourth-order valence-corrected chi connectivity index (χ4v) is 0.889. The molecule has 1 aromatic heterocycles. The summed E-state index contributed by atoms with van der Waals surface area (Å²) in [6.07, 6.45) is 0. The summed E-state index contributed by atoms with van der Waals surface area (Å²) in [4.78, 5) is 10.5. The van der Waals surface area contributed by atoms with Crippen LogP contribution < -0.4 is 11.6 Å². The van der Waals surface area contributed by atoms with Gasteiger partial charge in [0, 0.05) is 11.8 Å². The van der Waals surface area contributed by atoms with Gasteiger partial charge in [0.05, 0.1) is 0 Å². The summed E-state index contributed by atoms with van der Waals surface area (Å²) >= 11 is 0. The lowest BCUT2D eigenvalue weighted by molar-refractivity contribution is 0.409. The molecule has 0 radical (unpaired) electrons. The molecule has 0 saturated carbocycles. The van der Waals surface area contributed by atoms with Gasteiger partial charge in [-0.25, -0.2) is 4.79 Å². The van der Waals surface area contributed by atoms with Gasteiger partial charge in [-0.1, -0.05) is 0 Å². The molecule has 0 bridgehead atoms. The van der Waals surface area contributed by atoms with Crippen molar-refractivity contribution in [2.45, 2.75) is 0 Å². The lowest BCUT2D eigenvalue weighted by Crippen LogP contribution is -1.84. The third kappa shape index (κ3) is 0.881. The van der Waals surface area contributed by atoms with Crippen LogP contribution in [-0.4, -0.2) is 0 Å². The Labute approximate surface area is 61.2 Å². The monoisotopic (exact) mass is 151 g/mol. The van der Waals surface area contributed by atoms with Crippen molar-refractivity contribution >= 4 is 16.9 Å². The highest BCUT2D eigenvalue weighted by atomic mass is 16.6. The molecule has 56 valence electrons. The van der Waals surface area contributed by atoms with E-state index in [1.54, 1.807) is 18.2 Å². The van der Waals surface area contributed by atoms with E-state index >= 15 is 0 Å². The molecule has 0 unspecified atom stereocenters. The lowest BCUT2D eigenvalue weighted by Gasteiger charge is -1.87. The first-order chi connectivity index (χ1) is 5.25. The fraction of sp³-hybridized carbons (Fsp3) is 0. The molecule has 0 fully saturated rings. The Kier molecular flexibility index (Phi) is 1.03. The molecule has 0 amide bonds. The van der Waals surface area contributed by atoms with Gasteiger partial charge in [-0.3, -0.25) is 0 Å². The number of nitrogen functional groups attached to an aromatic ring is 1. The summed E-state index contributed by atoms with van der Waals surface area (Å²) in [6, 6.07) is 4.77. The maximum Gasteiger partial charge on any atom is 0.519 e. The molecule has 4 heteroatoms. The second-order valence-corrected chi connectivity index (χ2v) is 2.16. The average Bonchev–Trinajstić information content (AvgIpc) is 2.27. The molecular formula is C7H5NO3. The number of anilines is 1. The first-order valence-corrected chi connectivity index (χ1v) is 3.05. The molecular weight excluding hydrogens is 146 g/mol. The molecule has 4 nitrogen and oxygen atoms in total. The van der Waals surface area contributed by atoms with E-state index in [2.05, 4.69) is 8.83 Å². The third-order valence-electron chi connectivity index (χ3n) is 1.35. The summed E-state index contributed by atoms with van der Waals surface area (Å²) in [5, 5.41) is 0. The summed E-state index contributed by atoms with van der Waals surface area (Å²) < 4.78 is 9.29. The summed E-state index contributed by atoms with van der Waals surface area (Å²) in [6.45, 7) is 0. The largest absolute Gasteiger partial charge is 0.519 e. The second-order valence-electron chi connectivity index (χ2n) is 2.16. The van der Waals surface area contributed by atoms with E-state index in [0.717, 1.165) is 0 Å². The fourth-order valence-electron chi connectivity index (χ4n) is 0.889. The maximum atomic E-state index is 10.5. The van der Waals surface area contributed by atoms with Crippen molar-refractivity contribution in [3.05, 3.63) is 28.8 Å². The van der Waals surface area contributed by atoms with Gasteiger partial charge in [0.1, 0.15) is 0 Å². The normalized spacial score (nSPS) is 10.5. The Hall–Kier alpha value is -1.71. The molecule has 11 heavy (non-hydrogen) atoms. The van der Waals surface area contributed by atoms with Crippen molar-refractivity contribution in [2.24, 2.45) is 0 Å². The predicted octanol–water partition coefficient (Wildman–Crippen LogP) is 0.968. The van der Waals surface area contributed by atoms with Crippen LogP contribution in [0.2, 0.25) is 0 Å². The van der Waals surface area contributed by atoms with E-state index < -0.39 is 5.82 Å². The van der Waals surface area contributed by atoms with Crippen molar-refractivity contribution in [1.82, 2.24) is 0 Å². The molecule has 2 N–H and O–H groups in total. The highest BCUT2D eigenvalue weighted by Gasteiger charge is 2.01. The van der Waals surface area contributed by atoms with Gasteiger partial charge in [0.15, 0.2) is 11.2 Å². The Morgan fingerprint density at radius 2 is 1.91 bits per heavy atom. The first kappa shape index (κ1) is 6.03. The van der Waals surface area contributed by atoms with Gasteiger partial charge in [-0.15, -0.1) is 0 Å². The Morgan fingerprint density at radius 3 is 2.73 bits per heavy atom. The molecule has 0 aliphatic heterocycles. The summed E-state index contributed by atoms with van der Waals surface area (Å²) in [5.41, 5.74) is 6.78. The maximum absolute atomic E-state index is 10.5. The minimum atomic E-state index is -0.703. The summed E-state index contributed by atoms with van der Waals surface area (Å²) in [7, 11) is 0. The minimum absolute atomic E-state index is 0.384. The van der Waals surface area contributed by atoms with Gasteiger partial charge in [-0.2, -0.15) is 0 Å². The van der Waals surface area contributed by atoms with Gasteiger partial charge in [0.2, 0.25) is 0 Å². The highest BCUT2D eigenvalue weighted by molar-refractivity contribution is 5.73. The van der Waals surface area contributed by atoms with Crippen LogP contribution in [0, 0.1) is 0 Å². The molecule has 2 rings (SSSR count). The van der Waals surface area contributed by atoms with Crippen molar-refractivity contribution in [3.8, 4) is 0 Å². The van der Waals surface area contributed by atoms with Crippen LogP contribution in [0.25, 0.3) is 11.2 Å². The molecule has 1 heterocycles. The van der Waals surface area contributed by atoms with Crippen LogP contribution in [0.1, 0.15) is 0 Å². The lowest BCUT2D eigenvalue weighted by atomic mass is 10.3. The van der Waals surface area contributed by atoms with Crippen LogP contribution in [0.5, 0.6) is 0 Å². The number of rotatable bonds is 0. The van der Waals surface area contributed by atoms with Gasteiger partial charge in [0.25, 0.3) is 0 Å². The zero-order valence-corrected chi connectivity index (χ0v) is 5.53. The zero-order chi connectivity index (χ0) is 7.84. The van der Waals surface area contributed by atoms with Crippen LogP contribution in [0.15, 0.2) is 31.8 Å². The van der Waals surface area contributed by atoms with Crippen molar-refractivity contribution in [1.29, 1.82) is 0 Å². The van der Waals surface area contributed by atoms with Crippen molar-refractivity contribution in [3.63, 3.8) is 0 Å². The molecule has 0 atom stereocenters. The molecule has 0 saturated heterocycles. The zero-order valence-electron chi connectivity index (χ0n) is 5.53. The predicted molar refractivity (Wildman–Crippen MR) is 39.2 cm³/mol. The van der Waals surface area contributed by atoms with E-state index in [1.807, 2.05) is 0 Å². The van der Waals surface area contributed by atoms with Crippen LogP contribution in [0.4, 0.5) is 5.69 Å². The van der Waals surface area contributed by atoms with Crippen molar-refractivity contribution in [2.75, 3.05) is 5.73 Å². The molecule has 2 aromatic rings. The molecule has 0 aliphatic rings.